The van der Waals surface area contributed by atoms with E-state index in [-0.39, 0.29) is 12.1 Å². The van der Waals surface area contributed by atoms with E-state index in [1.807, 2.05) is 0 Å². The topological polar surface area (TPSA) is 30.5 Å². The molecule has 0 amide bonds. The Kier molecular flexibility index (Phi) is 3.17. The monoisotopic (exact) mass is 221 g/mol. The van der Waals surface area contributed by atoms with Gasteiger partial charge in [-0.25, -0.2) is 0 Å². The zero-order valence-electron chi connectivity index (χ0n) is 10.3. The van der Waals surface area contributed by atoms with Gasteiger partial charge in [0.05, 0.1) is 13.2 Å². The summed E-state index contributed by atoms with van der Waals surface area (Å²) in [6.45, 7) is 6.42. The lowest BCUT2D eigenvalue weighted by molar-refractivity contribution is 0.0338. The van der Waals surface area contributed by atoms with Gasteiger partial charge in [-0.3, -0.25) is 0 Å². The molecule has 2 unspecified atom stereocenters. The first-order valence-electron chi connectivity index (χ1n) is 5.73. The van der Waals surface area contributed by atoms with Crippen LogP contribution in [-0.2, 0) is 4.84 Å². The molecule has 1 aliphatic heterocycles. The van der Waals surface area contributed by atoms with Crippen molar-refractivity contribution >= 4 is 0 Å². The summed E-state index contributed by atoms with van der Waals surface area (Å²) >= 11 is 0. The molecule has 3 heteroatoms. The second-order valence-corrected chi connectivity index (χ2v) is 4.54. The van der Waals surface area contributed by atoms with E-state index in [1.165, 1.54) is 11.1 Å². The maximum atomic E-state index is 5.92. The molecule has 1 heterocycles. The van der Waals surface area contributed by atoms with Crippen molar-refractivity contribution in [3.8, 4) is 5.75 Å². The van der Waals surface area contributed by atoms with Gasteiger partial charge >= 0.3 is 0 Å². The lowest BCUT2D eigenvalue weighted by atomic mass is 9.97. The molecule has 3 nitrogen and oxygen atoms in total. The van der Waals surface area contributed by atoms with E-state index in [0.29, 0.717) is 5.92 Å². The summed E-state index contributed by atoms with van der Waals surface area (Å²) in [4.78, 5) is 5.02. The molecule has 88 valence electrons. The summed E-state index contributed by atoms with van der Waals surface area (Å²) in [6, 6.07) is 6.44. The van der Waals surface area contributed by atoms with Gasteiger partial charge in [-0.05, 0) is 18.4 Å². The number of para-hydroxylation sites is 1. The van der Waals surface area contributed by atoms with Gasteiger partial charge in [0.1, 0.15) is 11.9 Å². The van der Waals surface area contributed by atoms with E-state index in [1.54, 1.807) is 7.11 Å². The quantitative estimate of drug-likeness (QED) is 0.796. The van der Waals surface area contributed by atoms with Gasteiger partial charge in [0.25, 0.3) is 0 Å². The zero-order chi connectivity index (χ0) is 11.7. The predicted molar refractivity (Wildman–Crippen MR) is 63.5 cm³/mol. The number of ether oxygens (including phenoxy) is 1. The van der Waals surface area contributed by atoms with E-state index < -0.39 is 0 Å². The van der Waals surface area contributed by atoms with Crippen LogP contribution in [0.1, 0.15) is 43.9 Å². The van der Waals surface area contributed by atoms with Crippen LogP contribution >= 0.6 is 0 Å². The van der Waals surface area contributed by atoms with E-state index in [2.05, 4.69) is 44.5 Å². The maximum Gasteiger partial charge on any atom is 0.128 e. The summed E-state index contributed by atoms with van der Waals surface area (Å²) in [6.07, 6.45) is 0.106. The van der Waals surface area contributed by atoms with Gasteiger partial charge in [-0.1, -0.05) is 32.0 Å². The zero-order valence-corrected chi connectivity index (χ0v) is 10.3. The SMILES string of the molecule is CONC1c2cccc(C(C)C)c2OC1C. The molecular formula is C13H19NO2. The lowest BCUT2D eigenvalue weighted by Crippen LogP contribution is -2.27. The van der Waals surface area contributed by atoms with Crippen LogP contribution in [0.15, 0.2) is 18.2 Å². The Hall–Kier alpha value is -1.06. The van der Waals surface area contributed by atoms with Crippen LogP contribution in [0.25, 0.3) is 0 Å². The molecular weight excluding hydrogens is 202 g/mol. The minimum Gasteiger partial charge on any atom is -0.488 e. The molecule has 0 fully saturated rings. The average molecular weight is 221 g/mol. The van der Waals surface area contributed by atoms with Crippen molar-refractivity contribution in [3.05, 3.63) is 29.3 Å². The number of nitrogens with one attached hydrogen (secondary N) is 1. The Bertz CT molecular complexity index is 376. The van der Waals surface area contributed by atoms with Crippen LogP contribution in [0.5, 0.6) is 5.75 Å². The highest BCUT2D eigenvalue weighted by Gasteiger charge is 2.33. The molecule has 16 heavy (non-hydrogen) atoms. The van der Waals surface area contributed by atoms with Gasteiger partial charge in [-0.2, -0.15) is 5.48 Å². The van der Waals surface area contributed by atoms with Crippen LogP contribution in [0.4, 0.5) is 0 Å². The Morgan fingerprint density at radius 1 is 1.38 bits per heavy atom. The normalized spacial score (nSPS) is 23.3. The molecule has 2 atom stereocenters. The third kappa shape index (κ3) is 1.81. The van der Waals surface area contributed by atoms with Crippen molar-refractivity contribution in [2.45, 2.75) is 38.8 Å². The Morgan fingerprint density at radius 3 is 2.75 bits per heavy atom. The molecule has 2 rings (SSSR count). The molecule has 1 aliphatic rings. The van der Waals surface area contributed by atoms with Crippen molar-refractivity contribution < 1.29 is 9.57 Å². The number of hydrogen-bond donors (Lipinski definition) is 1. The van der Waals surface area contributed by atoms with Gasteiger partial charge in [0, 0.05) is 5.56 Å². The highest BCUT2D eigenvalue weighted by molar-refractivity contribution is 5.48. The molecule has 0 spiro atoms. The second kappa shape index (κ2) is 4.44. The molecule has 0 aliphatic carbocycles. The summed E-state index contributed by atoms with van der Waals surface area (Å²) in [7, 11) is 1.64. The van der Waals surface area contributed by atoms with Crippen molar-refractivity contribution in [2.75, 3.05) is 7.11 Å². The summed E-state index contributed by atoms with van der Waals surface area (Å²) in [5, 5.41) is 0. The third-order valence-electron chi connectivity index (χ3n) is 3.05. The highest BCUT2D eigenvalue weighted by Crippen LogP contribution is 2.41. The first-order chi connectivity index (χ1) is 7.65. The maximum absolute atomic E-state index is 5.92. The number of fused-ring (bicyclic) bond motifs is 1. The largest absolute Gasteiger partial charge is 0.488 e. The fourth-order valence-corrected chi connectivity index (χ4v) is 2.20. The average Bonchev–Trinajstić information content (AvgIpc) is 2.56. The van der Waals surface area contributed by atoms with E-state index >= 15 is 0 Å². The van der Waals surface area contributed by atoms with E-state index in [9.17, 15) is 0 Å². The van der Waals surface area contributed by atoms with Crippen molar-refractivity contribution in [3.63, 3.8) is 0 Å². The minimum atomic E-state index is 0.106. The smallest absolute Gasteiger partial charge is 0.128 e. The van der Waals surface area contributed by atoms with Crippen LogP contribution in [0.3, 0.4) is 0 Å². The lowest BCUT2D eigenvalue weighted by Gasteiger charge is -2.14. The van der Waals surface area contributed by atoms with Crippen LogP contribution in [-0.4, -0.2) is 13.2 Å². The van der Waals surface area contributed by atoms with Gasteiger partial charge in [0.2, 0.25) is 0 Å². The molecule has 0 saturated heterocycles. The molecule has 1 aromatic carbocycles. The first-order valence-corrected chi connectivity index (χ1v) is 5.73. The minimum absolute atomic E-state index is 0.106. The van der Waals surface area contributed by atoms with E-state index in [4.69, 9.17) is 9.57 Å². The van der Waals surface area contributed by atoms with Gasteiger partial charge in [0.15, 0.2) is 0 Å². The Balaban J connectivity index is 2.40. The molecule has 0 bridgehead atoms. The summed E-state index contributed by atoms with van der Waals surface area (Å²) in [5.41, 5.74) is 5.45. The molecule has 0 aromatic heterocycles. The summed E-state index contributed by atoms with van der Waals surface area (Å²) in [5.74, 6) is 1.50. The number of rotatable bonds is 3. The standard InChI is InChI=1S/C13H19NO2/c1-8(2)10-6-5-7-11-12(14-15-4)9(3)16-13(10)11/h5-9,12,14H,1-4H3. The van der Waals surface area contributed by atoms with Gasteiger partial charge < -0.3 is 9.57 Å². The second-order valence-electron chi connectivity index (χ2n) is 4.54. The number of hydrogen-bond acceptors (Lipinski definition) is 3. The van der Waals surface area contributed by atoms with Gasteiger partial charge in [-0.15, -0.1) is 0 Å². The molecule has 1 aromatic rings. The Morgan fingerprint density at radius 2 is 2.12 bits per heavy atom. The fourth-order valence-electron chi connectivity index (χ4n) is 2.20. The predicted octanol–water partition coefficient (Wildman–Crippen LogP) is 2.78. The first kappa shape index (κ1) is 11.4. The van der Waals surface area contributed by atoms with E-state index in [0.717, 1.165) is 5.75 Å². The highest BCUT2D eigenvalue weighted by atomic mass is 16.6. The molecule has 1 N–H and O–H groups in total. The number of hydroxylamine groups is 1. The van der Waals surface area contributed by atoms with Crippen LogP contribution in [0.2, 0.25) is 0 Å². The van der Waals surface area contributed by atoms with Crippen molar-refractivity contribution in [1.82, 2.24) is 5.48 Å². The van der Waals surface area contributed by atoms with Crippen molar-refractivity contribution in [1.29, 1.82) is 0 Å². The van der Waals surface area contributed by atoms with Crippen molar-refractivity contribution in [2.24, 2.45) is 0 Å². The fraction of sp³-hybridized carbons (Fsp3) is 0.538. The molecule has 0 saturated carbocycles. The Labute approximate surface area is 96.7 Å². The third-order valence-corrected chi connectivity index (χ3v) is 3.05. The molecule has 0 radical (unpaired) electrons. The number of benzene rings is 1. The van der Waals surface area contributed by atoms with Crippen LogP contribution < -0.4 is 10.2 Å². The summed E-state index contributed by atoms with van der Waals surface area (Å²) < 4.78 is 5.92. The van der Waals surface area contributed by atoms with Crippen LogP contribution in [0, 0.1) is 0 Å².